The van der Waals surface area contributed by atoms with Crippen LogP contribution < -0.4 is 0 Å². The number of piperazine rings is 1. The van der Waals surface area contributed by atoms with Crippen molar-refractivity contribution < 1.29 is 0 Å². The van der Waals surface area contributed by atoms with Crippen LogP contribution in [0.25, 0.3) is 0 Å². The maximum absolute atomic E-state index is 2.69. The van der Waals surface area contributed by atoms with Crippen LogP contribution in [-0.4, -0.2) is 48.1 Å². The summed E-state index contributed by atoms with van der Waals surface area (Å²) in [6.45, 7) is 16.7. The Kier molecular flexibility index (Phi) is 5.07. The van der Waals surface area contributed by atoms with E-state index < -0.39 is 0 Å². The second-order valence-electron chi connectivity index (χ2n) is 5.11. The molecule has 1 aliphatic heterocycles. The van der Waals surface area contributed by atoms with Gasteiger partial charge in [0.2, 0.25) is 0 Å². The van der Waals surface area contributed by atoms with Crippen LogP contribution in [0.1, 0.15) is 41.0 Å². The lowest BCUT2D eigenvalue weighted by Crippen LogP contribution is -2.55. The van der Waals surface area contributed by atoms with Crippen LogP contribution in [0.5, 0.6) is 0 Å². The molecule has 0 spiro atoms. The van der Waals surface area contributed by atoms with Gasteiger partial charge < -0.3 is 4.90 Å². The molecular weight excluding hydrogens is 184 g/mol. The van der Waals surface area contributed by atoms with Crippen LogP contribution in [0.2, 0.25) is 0 Å². The van der Waals surface area contributed by atoms with E-state index >= 15 is 0 Å². The molecule has 0 aromatic carbocycles. The molecule has 1 saturated heterocycles. The summed E-state index contributed by atoms with van der Waals surface area (Å²) in [5.74, 6) is 0.820. The normalized spacial score (nSPS) is 29.0. The lowest BCUT2D eigenvalue weighted by Gasteiger charge is -2.44. The van der Waals surface area contributed by atoms with E-state index in [0.29, 0.717) is 0 Å². The molecule has 2 heteroatoms. The fraction of sp³-hybridized carbons (Fsp3) is 1.00. The Labute approximate surface area is 95.6 Å². The lowest BCUT2D eigenvalue weighted by atomic mass is 9.97. The van der Waals surface area contributed by atoms with Gasteiger partial charge in [-0.1, -0.05) is 27.2 Å². The van der Waals surface area contributed by atoms with Crippen molar-refractivity contribution in [1.82, 2.24) is 9.80 Å². The molecule has 1 aliphatic rings. The third kappa shape index (κ3) is 3.18. The Bertz CT molecular complexity index is 181. The van der Waals surface area contributed by atoms with E-state index in [-0.39, 0.29) is 0 Å². The van der Waals surface area contributed by atoms with E-state index in [2.05, 4.69) is 44.4 Å². The summed E-state index contributed by atoms with van der Waals surface area (Å²) in [5, 5.41) is 0. The summed E-state index contributed by atoms with van der Waals surface area (Å²) in [4.78, 5) is 5.25. The highest BCUT2D eigenvalue weighted by molar-refractivity contribution is 4.83. The van der Waals surface area contributed by atoms with Crippen LogP contribution in [0.3, 0.4) is 0 Å². The van der Waals surface area contributed by atoms with Crippen LogP contribution in [-0.2, 0) is 0 Å². The third-order valence-electron chi connectivity index (χ3n) is 4.20. The Hall–Kier alpha value is -0.0800. The van der Waals surface area contributed by atoms with Crippen LogP contribution in [0.15, 0.2) is 0 Å². The lowest BCUT2D eigenvalue weighted by molar-refractivity contribution is 0.0380. The molecule has 90 valence electrons. The first-order valence-corrected chi connectivity index (χ1v) is 6.58. The molecule has 0 radical (unpaired) electrons. The van der Waals surface area contributed by atoms with Gasteiger partial charge >= 0.3 is 0 Å². The molecule has 0 aliphatic carbocycles. The first kappa shape index (κ1) is 13.0. The Morgan fingerprint density at radius 3 is 2.33 bits per heavy atom. The fourth-order valence-corrected chi connectivity index (χ4v) is 2.61. The van der Waals surface area contributed by atoms with Gasteiger partial charge in [0, 0.05) is 31.7 Å². The molecule has 0 saturated carbocycles. The molecule has 1 rings (SSSR count). The number of hydrogen-bond donors (Lipinski definition) is 0. The van der Waals surface area contributed by atoms with E-state index in [0.717, 1.165) is 18.0 Å². The van der Waals surface area contributed by atoms with Gasteiger partial charge in [0.05, 0.1) is 0 Å². The quantitative estimate of drug-likeness (QED) is 0.706. The van der Waals surface area contributed by atoms with Gasteiger partial charge in [0.25, 0.3) is 0 Å². The van der Waals surface area contributed by atoms with Crippen molar-refractivity contribution in [3.63, 3.8) is 0 Å². The second kappa shape index (κ2) is 5.86. The minimum Gasteiger partial charge on any atom is -0.301 e. The number of hydrogen-bond acceptors (Lipinski definition) is 2. The molecule has 2 unspecified atom stereocenters. The summed E-state index contributed by atoms with van der Waals surface area (Å²) in [6, 6.07) is 1.46. The van der Waals surface area contributed by atoms with Crippen molar-refractivity contribution >= 4 is 0 Å². The molecule has 0 aromatic rings. The summed E-state index contributed by atoms with van der Waals surface area (Å²) >= 11 is 0. The highest BCUT2D eigenvalue weighted by Gasteiger charge is 2.28. The fourth-order valence-electron chi connectivity index (χ4n) is 2.61. The number of likely N-dealkylation sites (N-methyl/N-ethyl adjacent to an activating group) is 1. The number of nitrogens with zero attached hydrogens (tertiary/aromatic N) is 2. The first-order valence-electron chi connectivity index (χ1n) is 6.58. The van der Waals surface area contributed by atoms with E-state index in [1.165, 1.54) is 32.6 Å². The highest BCUT2D eigenvalue weighted by atomic mass is 15.3. The highest BCUT2D eigenvalue weighted by Crippen LogP contribution is 2.19. The van der Waals surface area contributed by atoms with Crippen molar-refractivity contribution in [2.75, 3.05) is 26.2 Å². The summed E-state index contributed by atoms with van der Waals surface area (Å²) in [5.41, 5.74) is 0. The van der Waals surface area contributed by atoms with Crippen LogP contribution >= 0.6 is 0 Å². The predicted molar refractivity (Wildman–Crippen MR) is 67.2 cm³/mol. The summed E-state index contributed by atoms with van der Waals surface area (Å²) in [7, 11) is 0. The van der Waals surface area contributed by atoms with Crippen molar-refractivity contribution in [2.24, 2.45) is 5.92 Å². The van der Waals surface area contributed by atoms with Crippen molar-refractivity contribution in [2.45, 2.75) is 53.1 Å². The zero-order valence-electron chi connectivity index (χ0n) is 11.2. The van der Waals surface area contributed by atoms with Crippen molar-refractivity contribution in [3.8, 4) is 0 Å². The van der Waals surface area contributed by atoms with Crippen molar-refractivity contribution in [3.05, 3.63) is 0 Å². The Morgan fingerprint density at radius 1 is 1.20 bits per heavy atom. The summed E-state index contributed by atoms with van der Waals surface area (Å²) in [6.07, 6.45) is 1.29. The molecule has 3 atom stereocenters. The minimum atomic E-state index is 0.725. The molecule has 2 nitrogen and oxygen atoms in total. The smallest absolute Gasteiger partial charge is 0.0198 e. The van der Waals surface area contributed by atoms with Crippen molar-refractivity contribution in [1.29, 1.82) is 0 Å². The van der Waals surface area contributed by atoms with Gasteiger partial charge in [-0.15, -0.1) is 0 Å². The topological polar surface area (TPSA) is 6.48 Å². The van der Waals surface area contributed by atoms with E-state index in [4.69, 9.17) is 0 Å². The molecule has 1 heterocycles. The molecule has 0 bridgehead atoms. The van der Waals surface area contributed by atoms with Gasteiger partial charge in [0.1, 0.15) is 0 Å². The first-order chi connectivity index (χ1) is 7.10. The molecule has 15 heavy (non-hydrogen) atoms. The van der Waals surface area contributed by atoms with Gasteiger partial charge in [-0.3, -0.25) is 4.90 Å². The van der Waals surface area contributed by atoms with Gasteiger partial charge in [-0.05, 0) is 26.3 Å². The number of rotatable bonds is 4. The standard InChI is InChI=1S/C13H28N2/c1-6-11(3)13(5)15-9-8-14(7-2)10-12(15)4/h11-13H,6-10H2,1-5H3/t11-,12?,13?/m1/s1. The average Bonchev–Trinajstić information content (AvgIpc) is 2.26. The molecule has 0 N–H and O–H groups in total. The second-order valence-corrected chi connectivity index (χ2v) is 5.11. The molecule has 0 aromatic heterocycles. The van der Waals surface area contributed by atoms with Crippen LogP contribution in [0.4, 0.5) is 0 Å². The molecular formula is C13H28N2. The zero-order chi connectivity index (χ0) is 11.4. The minimum absolute atomic E-state index is 0.725. The van der Waals surface area contributed by atoms with Gasteiger partial charge in [-0.25, -0.2) is 0 Å². The van der Waals surface area contributed by atoms with Gasteiger partial charge in [-0.2, -0.15) is 0 Å². The van der Waals surface area contributed by atoms with E-state index in [1.54, 1.807) is 0 Å². The maximum atomic E-state index is 2.69. The Balaban J connectivity index is 2.50. The average molecular weight is 212 g/mol. The molecule has 0 amide bonds. The largest absolute Gasteiger partial charge is 0.301 e. The van der Waals surface area contributed by atoms with E-state index in [9.17, 15) is 0 Å². The zero-order valence-corrected chi connectivity index (χ0v) is 11.2. The van der Waals surface area contributed by atoms with Crippen LogP contribution in [0, 0.1) is 5.92 Å². The SMILES string of the molecule is CC[C@@H](C)C(C)N1CCN(CC)CC1C. The third-order valence-corrected chi connectivity index (χ3v) is 4.20. The van der Waals surface area contributed by atoms with E-state index in [1.807, 2.05) is 0 Å². The predicted octanol–water partition coefficient (Wildman–Crippen LogP) is 2.45. The Morgan fingerprint density at radius 2 is 1.87 bits per heavy atom. The monoisotopic (exact) mass is 212 g/mol. The molecule has 1 fully saturated rings. The maximum Gasteiger partial charge on any atom is 0.0198 e. The van der Waals surface area contributed by atoms with Gasteiger partial charge in [0.15, 0.2) is 0 Å². The summed E-state index contributed by atoms with van der Waals surface area (Å²) < 4.78 is 0.